The monoisotopic (exact) mass is 445 g/mol. The first kappa shape index (κ1) is 23.1. The average Bonchev–Trinajstić information content (AvgIpc) is 2.67. The van der Waals surface area contributed by atoms with Crippen molar-refractivity contribution in [2.45, 2.75) is 17.5 Å². The lowest BCUT2D eigenvalue weighted by Crippen LogP contribution is -2.30. The minimum atomic E-state index is -4.72. The van der Waals surface area contributed by atoms with Gasteiger partial charge in [0.2, 0.25) is 5.91 Å². The molecule has 30 heavy (non-hydrogen) atoms. The molecule has 0 aromatic heterocycles. The summed E-state index contributed by atoms with van der Waals surface area (Å²) in [5.41, 5.74) is -2.08. The van der Waals surface area contributed by atoms with Crippen LogP contribution in [0.3, 0.4) is 0 Å². The topological polar surface area (TPSA) is 118 Å². The summed E-state index contributed by atoms with van der Waals surface area (Å²) in [6, 6.07) is 9.76. The number of nitrogens with one attached hydrogen (secondary N) is 2. The van der Waals surface area contributed by atoms with Crippen molar-refractivity contribution in [3.63, 3.8) is 0 Å². The van der Waals surface area contributed by atoms with Crippen molar-refractivity contribution in [1.29, 1.82) is 0 Å². The Balaban J connectivity index is 1.85. The van der Waals surface area contributed by atoms with Gasteiger partial charge in [-0.2, -0.15) is 13.2 Å². The molecule has 0 atom stereocenters. The zero-order chi connectivity index (χ0) is 22.4. The van der Waals surface area contributed by atoms with Gasteiger partial charge in [-0.1, -0.05) is 18.2 Å². The van der Waals surface area contributed by atoms with Crippen LogP contribution in [0.15, 0.2) is 53.4 Å². The number of benzene rings is 2. The van der Waals surface area contributed by atoms with Crippen LogP contribution in [0.5, 0.6) is 0 Å². The molecule has 0 aliphatic rings. The van der Waals surface area contributed by atoms with Gasteiger partial charge < -0.3 is 10.6 Å². The van der Waals surface area contributed by atoms with Crippen LogP contribution < -0.4 is 10.6 Å². The molecule has 0 bridgehead atoms. The molecule has 2 aromatic carbocycles. The normalized spacial score (nSPS) is 11.7. The SMILES string of the molecule is O=C(CCNc1ccc(C(F)(F)F)cc1[N+](=O)[O-])NCCS(=O)(=O)c1ccccc1. The quantitative estimate of drug-likeness (QED) is 0.453. The second-order valence-corrected chi connectivity index (χ2v) is 8.25. The third-order valence-corrected chi connectivity index (χ3v) is 5.72. The maximum atomic E-state index is 12.7. The van der Waals surface area contributed by atoms with Crippen LogP contribution in [-0.4, -0.2) is 38.1 Å². The maximum absolute atomic E-state index is 12.7. The molecule has 1 amide bonds. The molecule has 0 saturated heterocycles. The highest BCUT2D eigenvalue weighted by Crippen LogP contribution is 2.34. The second kappa shape index (κ2) is 9.57. The molecular weight excluding hydrogens is 427 g/mol. The van der Waals surface area contributed by atoms with E-state index in [2.05, 4.69) is 10.6 Å². The number of rotatable bonds is 9. The number of halogens is 3. The molecule has 2 rings (SSSR count). The highest BCUT2D eigenvalue weighted by atomic mass is 32.2. The van der Waals surface area contributed by atoms with Crippen molar-refractivity contribution in [2.24, 2.45) is 0 Å². The number of carbonyl (C=O) groups is 1. The standard InChI is InChI=1S/C18H18F3N3O5S/c19-18(20,21)13-6-7-15(16(12-13)24(26)27)22-9-8-17(25)23-10-11-30(28,29)14-4-2-1-3-5-14/h1-7,12,22H,8-11H2,(H,23,25). The highest BCUT2D eigenvalue weighted by Gasteiger charge is 2.33. The molecule has 0 aliphatic carbocycles. The Kier molecular flexibility index (Phi) is 7.38. The van der Waals surface area contributed by atoms with Gasteiger partial charge in [-0.15, -0.1) is 0 Å². The van der Waals surface area contributed by atoms with Crippen LogP contribution in [0.25, 0.3) is 0 Å². The van der Waals surface area contributed by atoms with Gasteiger partial charge in [0.05, 0.1) is 21.1 Å². The predicted molar refractivity (Wildman–Crippen MR) is 103 cm³/mol. The molecule has 0 radical (unpaired) electrons. The number of amides is 1. The Morgan fingerprint density at radius 3 is 2.33 bits per heavy atom. The van der Waals surface area contributed by atoms with Gasteiger partial charge in [0.15, 0.2) is 9.84 Å². The van der Waals surface area contributed by atoms with E-state index in [1.807, 2.05) is 0 Å². The van der Waals surface area contributed by atoms with Gasteiger partial charge in [0.25, 0.3) is 5.69 Å². The molecule has 0 spiro atoms. The van der Waals surface area contributed by atoms with Gasteiger partial charge in [0, 0.05) is 25.6 Å². The fraction of sp³-hybridized carbons (Fsp3) is 0.278. The molecule has 0 heterocycles. The van der Waals surface area contributed by atoms with Crippen LogP contribution in [0, 0.1) is 10.1 Å². The fourth-order valence-electron chi connectivity index (χ4n) is 2.48. The number of hydrogen-bond donors (Lipinski definition) is 2. The Morgan fingerprint density at radius 2 is 1.73 bits per heavy atom. The van der Waals surface area contributed by atoms with E-state index in [9.17, 15) is 36.5 Å². The van der Waals surface area contributed by atoms with Crippen molar-refractivity contribution in [3.8, 4) is 0 Å². The molecular formula is C18H18F3N3O5S. The molecule has 2 N–H and O–H groups in total. The molecule has 0 unspecified atom stereocenters. The number of alkyl halides is 3. The Hall–Kier alpha value is -3.15. The molecule has 12 heteroatoms. The summed E-state index contributed by atoms with van der Waals surface area (Å²) in [6.45, 7) is -0.222. The van der Waals surface area contributed by atoms with Gasteiger partial charge in [-0.05, 0) is 24.3 Å². The summed E-state index contributed by atoms with van der Waals surface area (Å²) < 4.78 is 62.3. The highest BCUT2D eigenvalue weighted by molar-refractivity contribution is 7.91. The molecule has 162 valence electrons. The van der Waals surface area contributed by atoms with Crippen LogP contribution in [-0.2, 0) is 20.8 Å². The van der Waals surface area contributed by atoms with Gasteiger partial charge >= 0.3 is 6.18 Å². The molecule has 8 nitrogen and oxygen atoms in total. The first-order valence-corrected chi connectivity index (χ1v) is 10.3. The summed E-state index contributed by atoms with van der Waals surface area (Å²) in [6.07, 6.45) is -4.88. The van der Waals surface area contributed by atoms with E-state index in [0.717, 1.165) is 6.07 Å². The molecule has 0 saturated carbocycles. The van der Waals surface area contributed by atoms with Crippen molar-refractivity contribution in [3.05, 3.63) is 64.2 Å². The fourth-order valence-corrected chi connectivity index (χ4v) is 3.66. The van der Waals surface area contributed by atoms with Gasteiger partial charge in [0.1, 0.15) is 5.69 Å². The third kappa shape index (κ3) is 6.44. The van der Waals surface area contributed by atoms with Crippen molar-refractivity contribution in [1.82, 2.24) is 5.32 Å². The smallest absolute Gasteiger partial charge is 0.379 e. The van der Waals surface area contributed by atoms with Gasteiger partial charge in [-0.25, -0.2) is 8.42 Å². The number of hydrogen-bond acceptors (Lipinski definition) is 6. The van der Waals surface area contributed by atoms with Crippen molar-refractivity contribution < 1.29 is 31.3 Å². The summed E-state index contributed by atoms with van der Waals surface area (Å²) in [5.74, 6) is -0.819. The second-order valence-electron chi connectivity index (χ2n) is 6.15. The van der Waals surface area contributed by atoms with Gasteiger partial charge in [-0.3, -0.25) is 14.9 Å². The number of nitro benzene ring substituents is 1. The lowest BCUT2D eigenvalue weighted by atomic mass is 10.1. The summed E-state index contributed by atoms with van der Waals surface area (Å²) >= 11 is 0. The first-order valence-electron chi connectivity index (χ1n) is 8.65. The minimum Gasteiger partial charge on any atom is -0.379 e. The summed E-state index contributed by atoms with van der Waals surface area (Å²) in [7, 11) is -3.55. The van der Waals surface area contributed by atoms with Crippen molar-refractivity contribution in [2.75, 3.05) is 24.2 Å². The van der Waals surface area contributed by atoms with Crippen LogP contribution in [0.4, 0.5) is 24.5 Å². The van der Waals surface area contributed by atoms with Crippen LogP contribution in [0.1, 0.15) is 12.0 Å². The molecule has 0 fully saturated rings. The third-order valence-electron chi connectivity index (χ3n) is 3.98. The summed E-state index contributed by atoms with van der Waals surface area (Å²) in [4.78, 5) is 22.0. The molecule has 2 aromatic rings. The summed E-state index contributed by atoms with van der Waals surface area (Å²) in [5, 5.41) is 16.0. The maximum Gasteiger partial charge on any atom is 0.416 e. The predicted octanol–water partition coefficient (Wildman–Crippen LogP) is 3.01. The van der Waals surface area contributed by atoms with Crippen LogP contribution in [0.2, 0.25) is 0 Å². The van der Waals surface area contributed by atoms with E-state index >= 15 is 0 Å². The van der Waals surface area contributed by atoms with E-state index < -0.39 is 38.1 Å². The zero-order valence-electron chi connectivity index (χ0n) is 15.5. The van der Waals surface area contributed by atoms with E-state index in [1.165, 1.54) is 12.1 Å². The zero-order valence-corrected chi connectivity index (χ0v) is 16.3. The number of nitro groups is 1. The average molecular weight is 445 g/mol. The largest absolute Gasteiger partial charge is 0.416 e. The van der Waals surface area contributed by atoms with E-state index in [0.29, 0.717) is 12.1 Å². The Morgan fingerprint density at radius 1 is 1.07 bits per heavy atom. The first-order chi connectivity index (χ1) is 14.0. The number of sulfone groups is 1. The van der Waals surface area contributed by atoms with E-state index in [4.69, 9.17) is 0 Å². The Bertz CT molecular complexity index is 1010. The number of nitrogens with zero attached hydrogens (tertiary/aromatic N) is 1. The number of anilines is 1. The Labute approximate surface area is 170 Å². The van der Waals surface area contributed by atoms with Crippen molar-refractivity contribution >= 4 is 27.1 Å². The van der Waals surface area contributed by atoms with Crippen LogP contribution >= 0.6 is 0 Å². The van der Waals surface area contributed by atoms with E-state index in [1.54, 1.807) is 18.2 Å². The minimum absolute atomic E-state index is 0.0938. The van der Waals surface area contributed by atoms with E-state index in [-0.39, 0.29) is 35.8 Å². The lowest BCUT2D eigenvalue weighted by molar-refractivity contribution is -0.384. The number of carbonyl (C=O) groups excluding carboxylic acids is 1. The lowest BCUT2D eigenvalue weighted by Gasteiger charge is -2.11. The molecule has 0 aliphatic heterocycles.